The number of carbonyl (C=O) groups excluding carboxylic acids is 1. The SMILES string of the molecule is CCC(N)(CC)C(=O)NCCOC(C)C. The maximum atomic E-state index is 11.7. The predicted molar refractivity (Wildman–Crippen MR) is 61.6 cm³/mol. The monoisotopic (exact) mass is 216 g/mol. The molecular weight excluding hydrogens is 192 g/mol. The molecule has 0 saturated carbocycles. The normalized spacial score (nSPS) is 11.9. The maximum absolute atomic E-state index is 11.7. The molecule has 3 N–H and O–H groups in total. The molecule has 0 radical (unpaired) electrons. The van der Waals surface area contributed by atoms with Crippen molar-refractivity contribution in [2.45, 2.75) is 52.2 Å². The standard InChI is InChI=1S/C11H24N2O2/c1-5-11(12,6-2)10(14)13-7-8-15-9(3)4/h9H,5-8,12H2,1-4H3,(H,13,14). The summed E-state index contributed by atoms with van der Waals surface area (Å²) >= 11 is 0. The second-order valence-corrected chi connectivity index (χ2v) is 4.04. The van der Waals surface area contributed by atoms with Gasteiger partial charge in [-0.1, -0.05) is 13.8 Å². The summed E-state index contributed by atoms with van der Waals surface area (Å²) < 4.78 is 5.32. The van der Waals surface area contributed by atoms with E-state index in [2.05, 4.69) is 5.32 Å². The number of carbonyl (C=O) groups is 1. The molecule has 0 aromatic heterocycles. The van der Waals surface area contributed by atoms with E-state index in [1.165, 1.54) is 0 Å². The highest BCUT2D eigenvalue weighted by Gasteiger charge is 2.29. The minimum atomic E-state index is -0.724. The number of nitrogens with one attached hydrogen (secondary N) is 1. The summed E-state index contributed by atoms with van der Waals surface area (Å²) in [7, 11) is 0. The van der Waals surface area contributed by atoms with Crippen molar-refractivity contribution in [1.29, 1.82) is 0 Å². The Morgan fingerprint density at radius 2 is 1.93 bits per heavy atom. The summed E-state index contributed by atoms with van der Waals surface area (Å²) in [5.41, 5.74) is 5.20. The van der Waals surface area contributed by atoms with E-state index < -0.39 is 5.54 Å². The van der Waals surface area contributed by atoms with Gasteiger partial charge >= 0.3 is 0 Å². The maximum Gasteiger partial charge on any atom is 0.240 e. The molecule has 0 spiro atoms. The minimum Gasteiger partial charge on any atom is -0.377 e. The van der Waals surface area contributed by atoms with Crippen LogP contribution in [0.25, 0.3) is 0 Å². The van der Waals surface area contributed by atoms with Gasteiger partial charge in [-0.2, -0.15) is 0 Å². The van der Waals surface area contributed by atoms with Crippen LogP contribution in [0, 0.1) is 0 Å². The van der Waals surface area contributed by atoms with Crippen LogP contribution in [-0.2, 0) is 9.53 Å². The molecule has 15 heavy (non-hydrogen) atoms. The van der Waals surface area contributed by atoms with Gasteiger partial charge < -0.3 is 15.8 Å². The van der Waals surface area contributed by atoms with E-state index in [0.717, 1.165) is 0 Å². The smallest absolute Gasteiger partial charge is 0.240 e. The van der Waals surface area contributed by atoms with Crippen molar-refractivity contribution < 1.29 is 9.53 Å². The van der Waals surface area contributed by atoms with Crippen LogP contribution in [0.15, 0.2) is 0 Å². The van der Waals surface area contributed by atoms with Crippen LogP contribution in [0.2, 0.25) is 0 Å². The average Bonchev–Trinajstić information content (AvgIpc) is 2.22. The van der Waals surface area contributed by atoms with Crippen LogP contribution in [-0.4, -0.2) is 30.7 Å². The first-order chi connectivity index (χ1) is 6.96. The Kier molecular flexibility index (Phi) is 6.52. The third-order valence-electron chi connectivity index (χ3n) is 2.55. The largest absolute Gasteiger partial charge is 0.377 e. The van der Waals surface area contributed by atoms with Gasteiger partial charge in [-0.3, -0.25) is 4.79 Å². The van der Waals surface area contributed by atoms with Gasteiger partial charge in [0.05, 0.1) is 18.2 Å². The summed E-state index contributed by atoms with van der Waals surface area (Å²) in [5.74, 6) is -0.0835. The Morgan fingerprint density at radius 3 is 2.33 bits per heavy atom. The zero-order valence-corrected chi connectivity index (χ0v) is 10.3. The molecule has 0 heterocycles. The summed E-state index contributed by atoms with van der Waals surface area (Å²) in [6.07, 6.45) is 1.50. The highest BCUT2D eigenvalue weighted by atomic mass is 16.5. The van der Waals surface area contributed by atoms with Crippen LogP contribution >= 0.6 is 0 Å². The summed E-state index contributed by atoms with van der Waals surface area (Å²) in [4.78, 5) is 11.7. The lowest BCUT2D eigenvalue weighted by Gasteiger charge is -2.25. The van der Waals surface area contributed by atoms with Gasteiger partial charge in [0, 0.05) is 6.54 Å². The number of rotatable bonds is 7. The topological polar surface area (TPSA) is 64.4 Å². The lowest BCUT2D eigenvalue weighted by Crippen LogP contribution is -2.53. The Bertz CT molecular complexity index is 189. The van der Waals surface area contributed by atoms with E-state index in [4.69, 9.17) is 10.5 Å². The van der Waals surface area contributed by atoms with Crippen LogP contribution in [0.5, 0.6) is 0 Å². The van der Waals surface area contributed by atoms with Crippen LogP contribution in [0.1, 0.15) is 40.5 Å². The average molecular weight is 216 g/mol. The third kappa shape index (κ3) is 5.14. The Morgan fingerprint density at radius 1 is 1.40 bits per heavy atom. The molecule has 0 atom stereocenters. The first-order valence-electron chi connectivity index (χ1n) is 5.65. The fourth-order valence-corrected chi connectivity index (χ4v) is 1.21. The highest BCUT2D eigenvalue weighted by Crippen LogP contribution is 2.10. The molecule has 90 valence electrons. The van der Waals surface area contributed by atoms with Gasteiger partial charge in [0.2, 0.25) is 5.91 Å². The van der Waals surface area contributed by atoms with Crippen molar-refractivity contribution in [2.75, 3.05) is 13.2 Å². The summed E-state index contributed by atoms with van der Waals surface area (Å²) in [6, 6.07) is 0. The molecule has 4 nitrogen and oxygen atoms in total. The number of amides is 1. The predicted octanol–water partition coefficient (Wildman–Crippen LogP) is 1.05. The first kappa shape index (κ1) is 14.4. The van der Waals surface area contributed by atoms with Gasteiger partial charge in [0.25, 0.3) is 0 Å². The second kappa shape index (κ2) is 6.80. The number of nitrogens with two attached hydrogens (primary N) is 1. The molecule has 0 unspecified atom stereocenters. The quantitative estimate of drug-likeness (QED) is 0.625. The highest BCUT2D eigenvalue weighted by molar-refractivity contribution is 5.85. The molecule has 0 aromatic carbocycles. The fourth-order valence-electron chi connectivity index (χ4n) is 1.21. The molecule has 0 aliphatic heterocycles. The molecule has 0 bridgehead atoms. The Balaban J connectivity index is 3.82. The minimum absolute atomic E-state index is 0.0835. The van der Waals surface area contributed by atoms with Crippen molar-refractivity contribution in [2.24, 2.45) is 5.73 Å². The van der Waals surface area contributed by atoms with E-state index in [-0.39, 0.29) is 12.0 Å². The van der Waals surface area contributed by atoms with Gasteiger partial charge in [0.15, 0.2) is 0 Å². The van der Waals surface area contributed by atoms with Crippen molar-refractivity contribution in [3.63, 3.8) is 0 Å². The molecular formula is C11H24N2O2. The molecule has 1 amide bonds. The molecule has 0 rings (SSSR count). The zero-order valence-electron chi connectivity index (χ0n) is 10.3. The molecule has 0 saturated heterocycles. The Hall–Kier alpha value is -0.610. The second-order valence-electron chi connectivity index (χ2n) is 4.04. The third-order valence-corrected chi connectivity index (χ3v) is 2.55. The molecule has 0 aliphatic rings. The van der Waals surface area contributed by atoms with E-state index in [9.17, 15) is 4.79 Å². The molecule has 0 aliphatic carbocycles. The number of hydrogen-bond donors (Lipinski definition) is 2. The fraction of sp³-hybridized carbons (Fsp3) is 0.909. The van der Waals surface area contributed by atoms with Crippen molar-refractivity contribution in [1.82, 2.24) is 5.32 Å². The van der Waals surface area contributed by atoms with Gasteiger partial charge in [-0.15, -0.1) is 0 Å². The van der Waals surface area contributed by atoms with Crippen LogP contribution in [0.3, 0.4) is 0 Å². The zero-order chi connectivity index (χ0) is 11.9. The van der Waals surface area contributed by atoms with E-state index in [1.807, 2.05) is 27.7 Å². The van der Waals surface area contributed by atoms with Crippen LogP contribution in [0.4, 0.5) is 0 Å². The van der Waals surface area contributed by atoms with Crippen molar-refractivity contribution in [3.05, 3.63) is 0 Å². The lowest BCUT2D eigenvalue weighted by atomic mass is 9.93. The molecule has 0 fully saturated rings. The van der Waals surface area contributed by atoms with Gasteiger partial charge in [0.1, 0.15) is 0 Å². The Labute approximate surface area is 92.6 Å². The summed E-state index contributed by atoms with van der Waals surface area (Å²) in [6.45, 7) is 8.84. The van der Waals surface area contributed by atoms with E-state index in [0.29, 0.717) is 26.0 Å². The van der Waals surface area contributed by atoms with Gasteiger partial charge in [-0.05, 0) is 26.7 Å². The first-order valence-corrected chi connectivity index (χ1v) is 5.65. The number of ether oxygens (including phenoxy) is 1. The molecule has 0 aromatic rings. The van der Waals surface area contributed by atoms with Gasteiger partial charge in [-0.25, -0.2) is 0 Å². The lowest BCUT2D eigenvalue weighted by molar-refractivity contribution is -0.126. The summed E-state index contributed by atoms with van der Waals surface area (Å²) in [5, 5.41) is 2.79. The van der Waals surface area contributed by atoms with E-state index >= 15 is 0 Å². The van der Waals surface area contributed by atoms with Crippen LogP contribution < -0.4 is 11.1 Å². The van der Waals surface area contributed by atoms with Crippen molar-refractivity contribution >= 4 is 5.91 Å². The van der Waals surface area contributed by atoms with E-state index in [1.54, 1.807) is 0 Å². The number of hydrogen-bond acceptors (Lipinski definition) is 3. The van der Waals surface area contributed by atoms with Crippen molar-refractivity contribution in [3.8, 4) is 0 Å². The molecule has 4 heteroatoms.